The molecule has 1 amide bonds. The number of carbonyl (C=O) groups excluding carboxylic acids is 1. The van der Waals surface area contributed by atoms with Crippen molar-refractivity contribution < 1.29 is 22.7 Å². The van der Waals surface area contributed by atoms with Gasteiger partial charge in [-0.3, -0.25) is 10.1 Å². The number of amides is 1. The Balaban J connectivity index is 2.50. The summed E-state index contributed by atoms with van der Waals surface area (Å²) in [6.07, 6.45) is -1.23. The standard InChI is InChI=1S/C16H11F3N2O3/c1-2-8-24-15(23)21-13-11(16(17,18)19)9-12(20-14(13)22)10-6-4-3-5-7-10/h1,3-7,9H,8H2,(H,20,22)(H,21,23). The molecular formula is C16H11F3N2O3. The molecule has 0 aliphatic rings. The van der Waals surface area contributed by atoms with Gasteiger partial charge in [0.25, 0.3) is 5.56 Å². The highest BCUT2D eigenvalue weighted by Gasteiger charge is 2.36. The lowest BCUT2D eigenvalue weighted by Crippen LogP contribution is -2.25. The molecule has 24 heavy (non-hydrogen) atoms. The van der Waals surface area contributed by atoms with Crippen LogP contribution in [0.15, 0.2) is 41.2 Å². The summed E-state index contributed by atoms with van der Waals surface area (Å²) in [6, 6.07) is 8.74. The van der Waals surface area contributed by atoms with E-state index in [0.717, 1.165) is 6.07 Å². The summed E-state index contributed by atoms with van der Waals surface area (Å²) in [5.41, 5.74) is -3.00. The number of pyridine rings is 1. The van der Waals surface area contributed by atoms with Crippen molar-refractivity contribution in [1.82, 2.24) is 4.98 Å². The van der Waals surface area contributed by atoms with Gasteiger partial charge >= 0.3 is 12.3 Å². The van der Waals surface area contributed by atoms with Crippen LogP contribution in [0.25, 0.3) is 11.3 Å². The topological polar surface area (TPSA) is 71.2 Å². The molecule has 124 valence electrons. The number of hydrogen-bond acceptors (Lipinski definition) is 3. The van der Waals surface area contributed by atoms with Crippen molar-refractivity contribution in [2.24, 2.45) is 0 Å². The fraction of sp³-hybridized carbons (Fsp3) is 0.125. The first kappa shape index (κ1) is 17.1. The number of carbonyl (C=O) groups is 1. The Morgan fingerprint density at radius 2 is 1.96 bits per heavy atom. The molecule has 1 heterocycles. The largest absolute Gasteiger partial charge is 0.436 e. The Morgan fingerprint density at radius 3 is 2.54 bits per heavy atom. The van der Waals surface area contributed by atoms with Crippen LogP contribution < -0.4 is 10.9 Å². The quantitative estimate of drug-likeness (QED) is 0.845. The van der Waals surface area contributed by atoms with Gasteiger partial charge in [0.2, 0.25) is 0 Å². The molecule has 0 aliphatic carbocycles. The molecule has 0 spiro atoms. The molecule has 2 N–H and O–H groups in total. The van der Waals surface area contributed by atoms with Gasteiger partial charge in [0, 0.05) is 5.69 Å². The van der Waals surface area contributed by atoms with Crippen LogP contribution >= 0.6 is 0 Å². The van der Waals surface area contributed by atoms with E-state index >= 15 is 0 Å². The number of halogens is 3. The van der Waals surface area contributed by atoms with Gasteiger partial charge in [-0.2, -0.15) is 13.2 Å². The summed E-state index contributed by atoms with van der Waals surface area (Å²) < 4.78 is 44.2. The van der Waals surface area contributed by atoms with Gasteiger partial charge in [0.1, 0.15) is 5.69 Å². The minimum Gasteiger partial charge on any atom is -0.436 e. The molecule has 2 rings (SSSR count). The third kappa shape index (κ3) is 3.95. The summed E-state index contributed by atoms with van der Waals surface area (Å²) in [5.74, 6) is 1.98. The molecular weight excluding hydrogens is 325 g/mol. The maximum atomic E-state index is 13.2. The number of rotatable bonds is 3. The van der Waals surface area contributed by atoms with Crippen molar-refractivity contribution in [3.63, 3.8) is 0 Å². The maximum Gasteiger partial charge on any atom is 0.418 e. The molecule has 0 bridgehead atoms. The first-order chi connectivity index (χ1) is 11.3. The van der Waals surface area contributed by atoms with E-state index in [-0.39, 0.29) is 5.69 Å². The van der Waals surface area contributed by atoms with Gasteiger partial charge in [0.15, 0.2) is 6.61 Å². The van der Waals surface area contributed by atoms with Crippen LogP contribution in [0, 0.1) is 12.3 Å². The number of nitrogens with one attached hydrogen (secondary N) is 2. The highest BCUT2D eigenvalue weighted by atomic mass is 19.4. The summed E-state index contributed by atoms with van der Waals surface area (Å²) in [4.78, 5) is 25.7. The molecule has 0 saturated carbocycles. The molecule has 0 aliphatic heterocycles. The zero-order valence-electron chi connectivity index (χ0n) is 12.1. The van der Waals surface area contributed by atoms with Crippen LogP contribution in [0.1, 0.15) is 5.56 Å². The van der Waals surface area contributed by atoms with E-state index in [1.165, 1.54) is 0 Å². The van der Waals surface area contributed by atoms with Crippen LogP contribution in [0.5, 0.6) is 0 Å². The molecule has 0 radical (unpaired) electrons. The Morgan fingerprint density at radius 1 is 1.29 bits per heavy atom. The monoisotopic (exact) mass is 336 g/mol. The lowest BCUT2D eigenvalue weighted by molar-refractivity contribution is -0.137. The summed E-state index contributed by atoms with van der Waals surface area (Å²) in [5, 5.41) is 1.78. The van der Waals surface area contributed by atoms with Crippen LogP contribution in [0.2, 0.25) is 0 Å². The number of hydrogen-bond donors (Lipinski definition) is 2. The van der Waals surface area contributed by atoms with E-state index in [4.69, 9.17) is 6.42 Å². The van der Waals surface area contributed by atoms with Crippen LogP contribution in [-0.4, -0.2) is 17.7 Å². The van der Waals surface area contributed by atoms with E-state index in [9.17, 15) is 22.8 Å². The maximum absolute atomic E-state index is 13.2. The molecule has 5 nitrogen and oxygen atoms in total. The third-order valence-electron chi connectivity index (χ3n) is 2.94. The fourth-order valence-electron chi connectivity index (χ4n) is 1.93. The lowest BCUT2D eigenvalue weighted by atomic mass is 10.1. The van der Waals surface area contributed by atoms with Crippen molar-refractivity contribution >= 4 is 11.8 Å². The average Bonchev–Trinajstić information content (AvgIpc) is 2.54. The van der Waals surface area contributed by atoms with Crippen molar-refractivity contribution in [3.05, 3.63) is 52.3 Å². The molecule has 0 unspecified atom stereocenters. The number of H-pyrrole nitrogens is 1. The Bertz CT molecular complexity index is 836. The van der Waals surface area contributed by atoms with Gasteiger partial charge in [-0.1, -0.05) is 36.3 Å². The number of aromatic amines is 1. The SMILES string of the molecule is C#CCOC(=O)Nc1c(C(F)(F)F)cc(-c2ccccc2)[nH]c1=O. The third-order valence-corrected chi connectivity index (χ3v) is 2.94. The highest BCUT2D eigenvalue weighted by Crippen LogP contribution is 2.35. The second-order valence-electron chi connectivity index (χ2n) is 4.57. The predicted molar refractivity (Wildman–Crippen MR) is 81.3 cm³/mol. The van der Waals surface area contributed by atoms with Crippen molar-refractivity contribution in [2.45, 2.75) is 6.18 Å². The Kier molecular flexibility index (Phi) is 4.94. The summed E-state index contributed by atoms with van der Waals surface area (Å²) in [6.45, 7) is -0.437. The van der Waals surface area contributed by atoms with Crippen molar-refractivity contribution in [1.29, 1.82) is 0 Å². The number of anilines is 1. The summed E-state index contributed by atoms with van der Waals surface area (Å²) >= 11 is 0. The van der Waals surface area contributed by atoms with Gasteiger partial charge < -0.3 is 9.72 Å². The number of ether oxygens (including phenoxy) is 1. The van der Waals surface area contributed by atoms with E-state index in [0.29, 0.717) is 5.56 Å². The lowest BCUT2D eigenvalue weighted by Gasteiger charge is -2.14. The molecule has 0 atom stereocenters. The predicted octanol–water partition coefficient (Wildman–Crippen LogP) is 3.24. The van der Waals surface area contributed by atoms with Crippen LogP contribution in [0.3, 0.4) is 0 Å². The van der Waals surface area contributed by atoms with Gasteiger partial charge in [-0.05, 0) is 11.6 Å². The van der Waals surface area contributed by atoms with Gasteiger partial charge in [-0.15, -0.1) is 6.42 Å². The van der Waals surface area contributed by atoms with Gasteiger partial charge in [0.05, 0.1) is 5.56 Å². The van der Waals surface area contributed by atoms with Crippen molar-refractivity contribution in [2.75, 3.05) is 11.9 Å². The Hall–Kier alpha value is -3.21. The van der Waals surface area contributed by atoms with Crippen LogP contribution in [0.4, 0.5) is 23.7 Å². The highest BCUT2D eigenvalue weighted by molar-refractivity contribution is 5.86. The van der Waals surface area contributed by atoms with Crippen molar-refractivity contribution in [3.8, 4) is 23.6 Å². The minimum absolute atomic E-state index is 0.0320. The molecule has 8 heteroatoms. The van der Waals surface area contributed by atoms with E-state index in [1.807, 2.05) is 5.92 Å². The Labute approximate surface area is 134 Å². The van der Waals surface area contributed by atoms with Crippen LogP contribution in [-0.2, 0) is 10.9 Å². The van der Waals surface area contributed by atoms with E-state index in [1.54, 1.807) is 35.6 Å². The summed E-state index contributed by atoms with van der Waals surface area (Å²) in [7, 11) is 0. The molecule has 1 aromatic carbocycles. The molecule has 0 fully saturated rings. The van der Waals surface area contributed by atoms with E-state index < -0.39 is 35.7 Å². The molecule has 0 saturated heterocycles. The first-order valence-corrected chi connectivity index (χ1v) is 6.60. The molecule has 2 aromatic rings. The minimum atomic E-state index is -4.85. The fourth-order valence-corrected chi connectivity index (χ4v) is 1.93. The number of terminal acetylenes is 1. The number of benzene rings is 1. The number of alkyl halides is 3. The number of aromatic nitrogens is 1. The molecule has 1 aromatic heterocycles. The average molecular weight is 336 g/mol. The van der Waals surface area contributed by atoms with Gasteiger partial charge in [-0.25, -0.2) is 4.79 Å². The zero-order valence-corrected chi connectivity index (χ0v) is 12.1. The smallest absolute Gasteiger partial charge is 0.418 e. The van der Waals surface area contributed by atoms with E-state index in [2.05, 4.69) is 9.72 Å². The zero-order chi connectivity index (χ0) is 17.7. The second kappa shape index (κ2) is 6.91. The normalized spacial score (nSPS) is 10.8. The second-order valence-corrected chi connectivity index (χ2v) is 4.57. The first-order valence-electron chi connectivity index (χ1n) is 6.60.